The van der Waals surface area contributed by atoms with Crippen molar-refractivity contribution in [1.29, 1.82) is 0 Å². The van der Waals surface area contributed by atoms with Crippen LogP contribution in [0.25, 0.3) is 0 Å². The van der Waals surface area contributed by atoms with E-state index in [4.69, 9.17) is 5.73 Å². The molecule has 1 aliphatic rings. The fourth-order valence-corrected chi connectivity index (χ4v) is 1.52. The van der Waals surface area contributed by atoms with Gasteiger partial charge in [-0.3, -0.25) is 18.7 Å². The summed E-state index contributed by atoms with van der Waals surface area (Å²) < 4.78 is 2.08. The Morgan fingerprint density at radius 1 is 1.39 bits per heavy atom. The molecule has 1 aliphatic carbocycles. The first-order valence-corrected chi connectivity index (χ1v) is 6.09. The Hall–Kier alpha value is -1.85. The summed E-state index contributed by atoms with van der Waals surface area (Å²) in [5.74, 6) is 0.0863. The average Bonchev–Trinajstić information content (AvgIpc) is 3.18. The molecule has 6 nitrogen and oxygen atoms in total. The monoisotopic (exact) mass is 253 g/mol. The Labute approximate surface area is 105 Å². The van der Waals surface area contributed by atoms with Crippen molar-refractivity contribution in [2.24, 2.45) is 13.0 Å². The van der Waals surface area contributed by atoms with Gasteiger partial charge in [0.25, 0.3) is 5.56 Å². The summed E-state index contributed by atoms with van der Waals surface area (Å²) in [6.07, 6.45) is 1.73. The molecular formula is C12H19N3O3. The Morgan fingerprint density at radius 2 is 1.94 bits per heavy atom. The molecule has 0 saturated heterocycles. The van der Waals surface area contributed by atoms with Crippen molar-refractivity contribution in [2.45, 2.75) is 33.2 Å². The molecule has 0 radical (unpaired) electrons. The van der Waals surface area contributed by atoms with E-state index in [0.29, 0.717) is 0 Å². The standard InChI is InChI=1S/C10H13N3O3.C2H6/c1-12-8(11)4-9(15)13(10(12)16)5-7(14)6-2-3-6;1-2/h4,6H,2-3,5,11H2,1H3;1-2H3. The highest BCUT2D eigenvalue weighted by atomic mass is 16.2. The first-order valence-electron chi connectivity index (χ1n) is 6.09. The number of carbonyl (C=O) groups excluding carboxylic acids is 1. The highest BCUT2D eigenvalue weighted by Gasteiger charge is 2.30. The number of rotatable bonds is 3. The summed E-state index contributed by atoms with van der Waals surface area (Å²) in [6.45, 7) is 3.86. The van der Waals surface area contributed by atoms with Crippen molar-refractivity contribution in [2.75, 3.05) is 5.73 Å². The first kappa shape index (κ1) is 14.2. The second kappa shape index (κ2) is 5.66. The van der Waals surface area contributed by atoms with Gasteiger partial charge in [-0.2, -0.15) is 0 Å². The zero-order valence-electron chi connectivity index (χ0n) is 11.0. The number of nitrogens with zero attached hydrogens (tertiary/aromatic N) is 2. The molecular weight excluding hydrogens is 234 g/mol. The Balaban J connectivity index is 0.000000771. The number of carbonyl (C=O) groups is 1. The molecule has 1 aromatic rings. The Bertz CT molecular complexity index is 553. The minimum Gasteiger partial charge on any atom is -0.385 e. The molecule has 2 rings (SSSR count). The second-order valence-corrected chi connectivity index (χ2v) is 4.08. The number of nitrogen functional groups attached to an aromatic ring is 1. The van der Waals surface area contributed by atoms with Gasteiger partial charge in [0.1, 0.15) is 5.82 Å². The third-order valence-electron chi connectivity index (χ3n) is 2.79. The van der Waals surface area contributed by atoms with Crippen molar-refractivity contribution < 1.29 is 4.79 Å². The van der Waals surface area contributed by atoms with Crippen LogP contribution in [-0.4, -0.2) is 14.9 Å². The van der Waals surface area contributed by atoms with Crippen molar-refractivity contribution in [1.82, 2.24) is 9.13 Å². The lowest BCUT2D eigenvalue weighted by Crippen LogP contribution is -2.41. The van der Waals surface area contributed by atoms with Gasteiger partial charge < -0.3 is 5.73 Å². The van der Waals surface area contributed by atoms with Crippen molar-refractivity contribution in [3.05, 3.63) is 26.9 Å². The summed E-state index contributed by atoms with van der Waals surface area (Å²) in [4.78, 5) is 34.7. The largest absolute Gasteiger partial charge is 0.385 e. The molecule has 0 aliphatic heterocycles. The smallest absolute Gasteiger partial charge is 0.332 e. The van der Waals surface area contributed by atoms with Crippen LogP contribution in [0, 0.1) is 5.92 Å². The molecule has 6 heteroatoms. The summed E-state index contributed by atoms with van der Waals surface area (Å²) >= 11 is 0. The lowest BCUT2D eigenvalue weighted by atomic mass is 10.2. The van der Waals surface area contributed by atoms with E-state index >= 15 is 0 Å². The van der Waals surface area contributed by atoms with Crippen molar-refractivity contribution in [3.8, 4) is 0 Å². The number of ketones is 1. The van der Waals surface area contributed by atoms with Crippen LogP contribution >= 0.6 is 0 Å². The van der Waals surface area contributed by atoms with E-state index in [1.807, 2.05) is 13.8 Å². The predicted molar refractivity (Wildman–Crippen MR) is 69.4 cm³/mol. The summed E-state index contributed by atoms with van der Waals surface area (Å²) in [6, 6.07) is 1.15. The van der Waals surface area contributed by atoms with E-state index < -0.39 is 11.2 Å². The molecule has 0 bridgehead atoms. The average molecular weight is 253 g/mol. The lowest BCUT2D eigenvalue weighted by Gasteiger charge is -2.07. The van der Waals surface area contributed by atoms with Gasteiger partial charge in [-0.15, -0.1) is 0 Å². The van der Waals surface area contributed by atoms with E-state index in [9.17, 15) is 14.4 Å². The van der Waals surface area contributed by atoms with Crippen LogP contribution in [0.3, 0.4) is 0 Å². The van der Waals surface area contributed by atoms with Gasteiger partial charge in [0.05, 0.1) is 6.54 Å². The van der Waals surface area contributed by atoms with Gasteiger partial charge in [0, 0.05) is 19.0 Å². The number of hydrogen-bond acceptors (Lipinski definition) is 4. The molecule has 0 aromatic carbocycles. The van der Waals surface area contributed by atoms with E-state index in [0.717, 1.165) is 28.0 Å². The third-order valence-corrected chi connectivity index (χ3v) is 2.79. The highest BCUT2D eigenvalue weighted by molar-refractivity contribution is 5.82. The summed E-state index contributed by atoms with van der Waals surface area (Å²) in [7, 11) is 1.47. The molecule has 0 atom stereocenters. The maximum atomic E-state index is 11.7. The van der Waals surface area contributed by atoms with Gasteiger partial charge in [-0.05, 0) is 12.8 Å². The number of anilines is 1. The molecule has 0 amide bonds. The van der Waals surface area contributed by atoms with Gasteiger partial charge in [0.2, 0.25) is 0 Å². The first-order chi connectivity index (χ1) is 8.50. The van der Waals surface area contributed by atoms with Crippen LogP contribution < -0.4 is 17.0 Å². The third kappa shape index (κ3) is 2.88. The van der Waals surface area contributed by atoms with Crippen LogP contribution in [0.2, 0.25) is 0 Å². The molecule has 1 saturated carbocycles. The zero-order chi connectivity index (χ0) is 13.9. The van der Waals surface area contributed by atoms with Crippen molar-refractivity contribution in [3.63, 3.8) is 0 Å². The van der Waals surface area contributed by atoms with Gasteiger partial charge >= 0.3 is 5.69 Å². The van der Waals surface area contributed by atoms with E-state index in [-0.39, 0.29) is 24.1 Å². The molecule has 2 N–H and O–H groups in total. The Kier molecular flexibility index (Phi) is 4.47. The molecule has 1 heterocycles. The molecule has 100 valence electrons. The maximum absolute atomic E-state index is 11.7. The molecule has 0 spiro atoms. The van der Waals surface area contributed by atoms with Crippen LogP contribution in [0.4, 0.5) is 5.82 Å². The molecule has 0 unspecified atom stereocenters. The summed E-state index contributed by atoms with van der Waals surface area (Å²) in [5, 5.41) is 0. The van der Waals surface area contributed by atoms with Gasteiger partial charge in [-0.25, -0.2) is 4.79 Å². The lowest BCUT2D eigenvalue weighted by molar-refractivity contribution is -0.120. The zero-order valence-corrected chi connectivity index (χ0v) is 11.0. The minimum absolute atomic E-state index is 0.0363. The molecule has 1 aromatic heterocycles. The van der Waals surface area contributed by atoms with Crippen LogP contribution in [0.15, 0.2) is 15.7 Å². The quantitative estimate of drug-likeness (QED) is 0.829. The number of Topliss-reactive ketones (excluding diaryl/α,β-unsaturated/α-hetero) is 1. The fraction of sp³-hybridized carbons (Fsp3) is 0.583. The van der Waals surface area contributed by atoms with Crippen LogP contribution in [-0.2, 0) is 18.4 Å². The maximum Gasteiger partial charge on any atom is 0.332 e. The number of nitrogens with two attached hydrogens (primary N) is 1. The predicted octanol–water partition coefficient (Wildman–Crippen LogP) is 0.134. The summed E-state index contributed by atoms with van der Waals surface area (Å²) in [5.41, 5.74) is 4.40. The number of hydrogen-bond donors (Lipinski definition) is 1. The van der Waals surface area contributed by atoms with E-state index in [1.165, 1.54) is 7.05 Å². The molecule has 18 heavy (non-hydrogen) atoms. The van der Waals surface area contributed by atoms with Crippen molar-refractivity contribution >= 4 is 11.6 Å². The Morgan fingerprint density at radius 3 is 2.44 bits per heavy atom. The highest BCUT2D eigenvalue weighted by Crippen LogP contribution is 2.29. The second-order valence-electron chi connectivity index (χ2n) is 4.08. The fourth-order valence-electron chi connectivity index (χ4n) is 1.52. The topological polar surface area (TPSA) is 87.1 Å². The van der Waals surface area contributed by atoms with Gasteiger partial charge in [-0.1, -0.05) is 13.8 Å². The molecule has 1 fully saturated rings. The minimum atomic E-state index is -0.543. The van der Waals surface area contributed by atoms with Crippen LogP contribution in [0.1, 0.15) is 26.7 Å². The number of aromatic nitrogens is 2. The SMILES string of the molecule is CC.Cn1c(N)cc(=O)n(CC(=O)C2CC2)c1=O. The van der Waals surface area contributed by atoms with Gasteiger partial charge in [0.15, 0.2) is 5.78 Å². The van der Waals surface area contributed by atoms with E-state index in [1.54, 1.807) is 0 Å². The van der Waals surface area contributed by atoms with E-state index in [2.05, 4.69) is 0 Å². The van der Waals surface area contributed by atoms with Crippen LogP contribution in [0.5, 0.6) is 0 Å². The normalized spacial score (nSPS) is 13.7.